The summed E-state index contributed by atoms with van der Waals surface area (Å²) in [5.41, 5.74) is 2.26. The van der Waals surface area contributed by atoms with E-state index < -0.39 is 18.1 Å². The van der Waals surface area contributed by atoms with Gasteiger partial charge >= 0.3 is 0 Å². The average Bonchev–Trinajstić information content (AvgIpc) is 3.39. The van der Waals surface area contributed by atoms with Gasteiger partial charge in [0.25, 0.3) is 5.91 Å². The van der Waals surface area contributed by atoms with E-state index in [1.807, 2.05) is 67.8 Å². The molecule has 34 heavy (non-hydrogen) atoms. The third-order valence-corrected chi connectivity index (χ3v) is 6.89. The third kappa shape index (κ3) is 3.95. The van der Waals surface area contributed by atoms with Crippen LogP contribution in [0.15, 0.2) is 83.8 Å². The standard InChI is InChI=1S/C27H26N2O4S/c1-3-17-32-21-13-11-19(12-14-21)28-26(30)23-24(18-9-15-22(34-2)16-10-18)29(33-25(23)27(28)31)20-7-5-4-6-8-20/h4-16,23-25H,3,17H2,1-2H3/t23-,24+,25-/m1/s1. The number of hydrogen-bond acceptors (Lipinski definition) is 6. The Bertz CT molecular complexity index is 1170. The number of rotatable bonds is 7. The monoisotopic (exact) mass is 474 g/mol. The molecule has 3 aromatic carbocycles. The Hall–Kier alpha value is -3.29. The maximum Gasteiger partial charge on any atom is 0.266 e. The van der Waals surface area contributed by atoms with Crippen LogP contribution in [0.5, 0.6) is 5.75 Å². The van der Waals surface area contributed by atoms with Crippen LogP contribution in [0.2, 0.25) is 0 Å². The van der Waals surface area contributed by atoms with Gasteiger partial charge in [-0.25, -0.2) is 9.96 Å². The summed E-state index contributed by atoms with van der Waals surface area (Å²) in [5.74, 6) is -0.539. The van der Waals surface area contributed by atoms with E-state index >= 15 is 0 Å². The van der Waals surface area contributed by atoms with Crippen LogP contribution in [0.1, 0.15) is 24.9 Å². The Kier molecular flexibility index (Phi) is 6.30. The number of carbonyl (C=O) groups is 2. The summed E-state index contributed by atoms with van der Waals surface area (Å²) in [6.45, 7) is 2.66. The van der Waals surface area contributed by atoms with Crippen LogP contribution in [0, 0.1) is 5.92 Å². The molecule has 5 rings (SSSR count). The lowest BCUT2D eigenvalue weighted by Gasteiger charge is -2.28. The van der Waals surface area contributed by atoms with E-state index in [2.05, 4.69) is 0 Å². The van der Waals surface area contributed by atoms with E-state index in [0.717, 1.165) is 22.6 Å². The van der Waals surface area contributed by atoms with Gasteiger partial charge in [-0.2, -0.15) is 0 Å². The van der Waals surface area contributed by atoms with E-state index in [9.17, 15) is 9.59 Å². The topological polar surface area (TPSA) is 59.1 Å². The zero-order chi connectivity index (χ0) is 23.7. The largest absolute Gasteiger partial charge is 0.494 e. The molecule has 0 bridgehead atoms. The first-order valence-electron chi connectivity index (χ1n) is 11.4. The second kappa shape index (κ2) is 9.52. The SMILES string of the molecule is CCCOc1ccc(N2C(=O)[C@H]3[C@@H](ON(c4ccccc4)[C@H]3c3ccc(SC)cc3)C2=O)cc1. The van der Waals surface area contributed by atoms with E-state index in [1.54, 1.807) is 41.1 Å². The molecular weight excluding hydrogens is 448 g/mol. The molecule has 0 unspecified atom stereocenters. The van der Waals surface area contributed by atoms with Gasteiger partial charge in [-0.3, -0.25) is 14.4 Å². The first-order valence-corrected chi connectivity index (χ1v) is 12.6. The number of amides is 2. The molecule has 0 saturated carbocycles. The lowest BCUT2D eigenvalue weighted by molar-refractivity contribution is -0.126. The summed E-state index contributed by atoms with van der Waals surface area (Å²) in [4.78, 5) is 35.7. The molecule has 2 amide bonds. The van der Waals surface area contributed by atoms with Crippen LogP contribution in [0.25, 0.3) is 0 Å². The molecule has 2 fully saturated rings. The van der Waals surface area contributed by atoms with Crippen molar-refractivity contribution in [3.8, 4) is 5.75 Å². The van der Waals surface area contributed by atoms with Crippen molar-refractivity contribution >= 4 is 35.0 Å². The van der Waals surface area contributed by atoms with Gasteiger partial charge in [0.15, 0.2) is 6.10 Å². The fourth-order valence-corrected chi connectivity index (χ4v) is 4.93. The predicted molar refractivity (Wildman–Crippen MR) is 133 cm³/mol. The zero-order valence-electron chi connectivity index (χ0n) is 19.1. The molecule has 0 aromatic heterocycles. The molecular formula is C27H26N2O4S. The second-order valence-electron chi connectivity index (χ2n) is 8.29. The Balaban J connectivity index is 1.49. The summed E-state index contributed by atoms with van der Waals surface area (Å²) in [5, 5.41) is 1.72. The van der Waals surface area contributed by atoms with Crippen LogP contribution in [-0.2, 0) is 14.4 Å². The highest BCUT2D eigenvalue weighted by molar-refractivity contribution is 7.98. The fraction of sp³-hybridized carbons (Fsp3) is 0.259. The number of imide groups is 1. The minimum atomic E-state index is -0.881. The van der Waals surface area contributed by atoms with Crippen molar-refractivity contribution in [3.05, 3.63) is 84.4 Å². The summed E-state index contributed by atoms with van der Waals surface area (Å²) in [6.07, 6.45) is 2.05. The van der Waals surface area contributed by atoms with Gasteiger partial charge in [-0.05, 0) is 66.8 Å². The van der Waals surface area contributed by atoms with Crippen LogP contribution < -0.4 is 14.7 Å². The number of ether oxygens (including phenoxy) is 1. The molecule has 0 spiro atoms. The highest BCUT2D eigenvalue weighted by Gasteiger charge is 2.60. The van der Waals surface area contributed by atoms with Crippen molar-refractivity contribution in [2.75, 3.05) is 22.8 Å². The van der Waals surface area contributed by atoms with Crippen molar-refractivity contribution in [1.29, 1.82) is 0 Å². The van der Waals surface area contributed by atoms with Crippen molar-refractivity contribution in [2.45, 2.75) is 30.4 Å². The van der Waals surface area contributed by atoms with E-state index in [4.69, 9.17) is 9.57 Å². The van der Waals surface area contributed by atoms with Crippen molar-refractivity contribution < 1.29 is 19.2 Å². The van der Waals surface area contributed by atoms with Gasteiger partial charge in [0.05, 0.1) is 24.0 Å². The molecule has 2 saturated heterocycles. The number of carbonyl (C=O) groups excluding carboxylic acids is 2. The highest BCUT2D eigenvalue weighted by Crippen LogP contribution is 2.47. The fourth-order valence-electron chi connectivity index (χ4n) is 4.52. The van der Waals surface area contributed by atoms with Gasteiger partial charge in [0, 0.05) is 4.90 Å². The summed E-state index contributed by atoms with van der Waals surface area (Å²) < 4.78 is 5.64. The Morgan fingerprint density at radius 1 is 0.882 bits per heavy atom. The molecule has 2 heterocycles. The van der Waals surface area contributed by atoms with E-state index in [1.165, 1.54) is 4.90 Å². The molecule has 0 radical (unpaired) electrons. The minimum absolute atomic E-state index is 0.255. The summed E-state index contributed by atoms with van der Waals surface area (Å²) in [7, 11) is 0. The van der Waals surface area contributed by atoms with E-state index in [-0.39, 0.29) is 11.8 Å². The number of nitrogens with zero attached hydrogens (tertiary/aromatic N) is 2. The number of anilines is 2. The van der Waals surface area contributed by atoms with Crippen LogP contribution >= 0.6 is 11.8 Å². The molecule has 7 heteroatoms. The molecule has 2 aliphatic heterocycles. The lowest BCUT2D eigenvalue weighted by Crippen LogP contribution is -2.37. The van der Waals surface area contributed by atoms with Crippen LogP contribution in [-0.4, -0.2) is 30.8 Å². The van der Waals surface area contributed by atoms with Gasteiger partial charge in [-0.15, -0.1) is 11.8 Å². The van der Waals surface area contributed by atoms with E-state index in [0.29, 0.717) is 18.0 Å². The molecule has 0 N–H and O–H groups in total. The second-order valence-corrected chi connectivity index (χ2v) is 9.17. The zero-order valence-corrected chi connectivity index (χ0v) is 19.9. The number of hydrogen-bond donors (Lipinski definition) is 0. The Labute approximate surface area is 203 Å². The molecule has 3 atom stereocenters. The average molecular weight is 475 g/mol. The van der Waals surface area contributed by atoms with Gasteiger partial charge in [-0.1, -0.05) is 37.3 Å². The number of fused-ring (bicyclic) bond motifs is 1. The Morgan fingerprint density at radius 3 is 2.24 bits per heavy atom. The first kappa shape index (κ1) is 22.5. The van der Waals surface area contributed by atoms with Gasteiger partial charge in [0.2, 0.25) is 5.91 Å². The molecule has 0 aliphatic carbocycles. The molecule has 174 valence electrons. The quantitative estimate of drug-likeness (QED) is 0.344. The van der Waals surface area contributed by atoms with Gasteiger partial charge < -0.3 is 4.74 Å². The van der Waals surface area contributed by atoms with Crippen molar-refractivity contribution in [2.24, 2.45) is 5.92 Å². The Morgan fingerprint density at radius 2 is 1.59 bits per heavy atom. The summed E-state index contributed by atoms with van der Waals surface area (Å²) in [6, 6.07) is 24.3. The number of hydroxylamine groups is 1. The van der Waals surface area contributed by atoms with Crippen molar-refractivity contribution in [3.63, 3.8) is 0 Å². The number of benzene rings is 3. The number of thioether (sulfide) groups is 1. The highest BCUT2D eigenvalue weighted by atomic mass is 32.2. The van der Waals surface area contributed by atoms with Gasteiger partial charge in [0.1, 0.15) is 11.7 Å². The first-order chi connectivity index (χ1) is 16.6. The maximum absolute atomic E-state index is 13.7. The van der Waals surface area contributed by atoms with Crippen LogP contribution in [0.3, 0.4) is 0 Å². The molecule has 2 aliphatic rings. The predicted octanol–water partition coefficient (Wildman–Crippen LogP) is 5.25. The third-order valence-electron chi connectivity index (χ3n) is 6.15. The minimum Gasteiger partial charge on any atom is -0.494 e. The summed E-state index contributed by atoms with van der Waals surface area (Å²) >= 11 is 1.66. The van der Waals surface area contributed by atoms with Crippen molar-refractivity contribution in [1.82, 2.24) is 0 Å². The smallest absolute Gasteiger partial charge is 0.266 e. The molecule has 6 nitrogen and oxygen atoms in total. The van der Waals surface area contributed by atoms with Crippen LogP contribution in [0.4, 0.5) is 11.4 Å². The lowest BCUT2D eigenvalue weighted by atomic mass is 9.90. The molecule has 3 aromatic rings. The maximum atomic E-state index is 13.7. The number of para-hydroxylation sites is 1. The normalized spacial score (nSPS) is 21.8.